The second-order valence-electron chi connectivity index (χ2n) is 4.61. The third kappa shape index (κ3) is 3.17. The molecule has 0 saturated carbocycles. The van der Waals surface area contributed by atoms with E-state index >= 15 is 0 Å². The molecule has 1 amide bonds. The molecule has 1 aromatic carbocycles. The summed E-state index contributed by atoms with van der Waals surface area (Å²) in [5.41, 5.74) is 1.83. The van der Waals surface area contributed by atoms with Gasteiger partial charge in [0.25, 0.3) is 5.91 Å². The number of benzene rings is 1. The smallest absolute Gasteiger partial charge is 0.251 e. The van der Waals surface area contributed by atoms with Gasteiger partial charge in [-0.2, -0.15) is 0 Å². The Hall–Kier alpha value is -3.02. The number of pyridine rings is 1. The summed E-state index contributed by atoms with van der Waals surface area (Å²) in [5, 5.41) is 6.62. The van der Waals surface area contributed by atoms with Gasteiger partial charge in [0.05, 0.1) is 6.54 Å². The number of carbonyl (C=O) groups is 1. The van der Waals surface area contributed by atoms with Gasteiger partial charge in [-0.3, -0.25) is 9.78 Å². The fourth-order valence-corrected chi connectivity index (χ4v) is 1.92. The Bertz CT molecular complexity index is 770. The van der Waals surface area contributed by atoms with Crippen LogP contribution in [0.4, 0.5) is 4.39 Å². The third-order valence-electron chi connectivity index (χ3n) is 3.06. The fourth-order valence-electron chi connectivity index (χ4n) is 1.92. The van der Waals surface area contributed by atoms with E-state index in [-0.39, 0.29) is 18.3 Å². The molecule has 0 aliphatic heterocycles. The summed E-state index contributed by atoms with van der Waals surface area (Å²) in [4.78, 5) is 15.7. The predicted octanol–water partition coefficient (Wildman–Crippen LogP) is 2.81. The molecular formula is C16H12FN3O2. The molecule has 0 bridgehead atoms. The molecule has 0 aliphatic carbocycles. The lowest BCUT2D eigenvalue weighted by Gasteiger charge is -2.01. The second-order valence-corrected chi connectivity index (χ2v) is 4.61. The van der Waals surface area contributed by atoms with Gasteiger partial charge < -0.3 is 9.84 Å². The van der Waals surface area contributed by atoms with Gasteiger partial charge in [0.2, 0.25) is 0 Å². The van der Waals surface area contributed by atoms with Gasteiger partial charge in [-0.1, -0.05) is 5.16 Å². The molecule has 22 heavy (non-hydrogen) atoms. The molecule has 6 heteroatoms. The zero-order valence-electron chi connectivity index (χ0n) is 11.5. The highest BCUT2D eigenvalue weighted by atomic mass is 19.1. The highest BCUT2D eigenvalue weighted by molar-refractivity contribution is 5.93. The third-order valence-corrected chi connectivity index (χ3v) is 3.06. The van der Waals surface area contributed by atoms with E-state index in [1.54, 1.807) is 42.7 Å². The molecule has 0 spiro atoms. The maximum Gasteiger partial charge on any atom is 0.251 e. The molecule has 0 atom stereocenters. The van der Waals surface area contributed by atoms with Crippen molar-refractivity contribution in [2.45, 2.75) is 6.54 Å². The molecule has 0 radical (unpaired) electrons. The number of carbonyl (C=O) groups excluding carboxylic acids is 1. The van der Waals surface area contributed by atoms with E-state index in [1.165, 1.54) is 12.1 Å². The molecule has 1 N–H and O–H groups in total. The Morgan fingerprint density at radius 3 is 2.59 bits per heavy atom. The normalized spacial score (nSPS) is 10.4. The van der Waals surface area contributed by atoms with E-state index in [0.717, 1.165) is 5.56 Å². The minimum Gasteiger partial charge on any atom is -0.356 e. The maximum atomic E-state index is 12.9. The first-order chi connectivity index (χ1) is 10.7. The van der Waals surface area contributed by atoms with E-state index in [9.17, 15) is 9.18 Å². The van der Waals surface area contributed by atoms with Crippen molar-refractivity contribution in [2.75, 3.05) is 0 Å². The van der Waals surface area contributed by atoms with Crippen LogP contribution in [0.3, 0.4) is 0 Å². The van der Waals surface area contributed by atoms with E-state index in [2.05, 4.69) is 15.5 Å². The first-order valence-electron chi connectivity index (χ1n) is 6.62. The van der Waals surface area contributed by atoms with Crippen molar-refractivity contribution in [3.63, 3.8) is 0 Å². The Kier molecular flexibility index (Phi) is 3.91. The topological polar surface area (TPSA) is 68.0 Å². The molecule has 5 nitrogen and oxygen atoms in total. The van der Waals surface area contributed by atoms with Crippen LogP contribution in [0, 0.1) is 5.82 Å². The van der Waals surface area contributed by atoms with Gasteiger partial charge in [0, 0.05) is 29.6 Å². The molecule has 2 heterocycles. The van der Waals surface area contributed by atoms with Crippen LogP contribution in [0.15, 0.2) is 59.4 Å². The number of hydrogen-bond acceptors (Lipinski definition) is 4. The number of hydrogen-bond donors (Lipinski definition) is 1. The van der Waals surface area contributed by atoms with Gasteiger partial charge in [-0.15, -0.1) is 0 Å². The summed E-state index contributed by atoms with van der Waals surface area (Å²) in [6, 6.07) is 10.9. The summed E-state index contributed by atoms with van der Waals surface area (Å²) >= 11 is 0. The fraction of sp³-hybridized carbons (Fsp3) is 0.0625. The largest absolute Gasteiger partial charge is 0.356 e. The van der Waals surface area contributed by atoms with Crippen LogP contribution in [-0.2, 0) is 6.54 Å². The lowest BCUT2D eigenvalue weighted by molar-refractivity contribution is 0.0950. The standard InChI is InChI=1S/C16H12FN3O2/c17-13-3-1-11(2-4-13)15-9-14(20-22-15)10-19-16(21)12-5-7-18-8-6-12/h1-9H,10H2,(H,19,21). The summed E-state index contributed by atoms with van der Waals surface area (Å²) in [6.45, 7) is 0.242. The number of halogens is 1. The summed E-state index contributed by atoms with van der Waals surface area (Å²) in [6.07, 6.45) is 3.11. The molecule has 0 fully saturated rings. The van der Waals surface area contributed by atoms with Gasteiger partial charge in [0.15, 0.2) is 5.76 Å². The monoisotopic (exact) mass is 297 g/mol. The van der Waals surface area contributed by atoms with Crippen molar-refractivity contribution in [3.8, 4) is 11.3 Å². The quantitative estimate of drug-likeness (QED) is 0.804. The summed E-state index contributed by atoms with van der Waals surface area (Å²) in [7, 11) is 0. The lowest BCUT2D eigenvalue weighted by atomic mass is 10.1. The van der Waals surface area contributed by atoms with Crippen molar-refractivity contribution >= 4 is 5.91 Å². The van der Waals surface area contributed by atoms with E-state index in [1.807, 2.05) is 0 Å². The van der Waals surface area contributed by atoms with Crippen molar-refractivity contribution in [1.29, 1.82) is 0 Å². The zero-order valence-corrected chi connectivity index (χ0v) is 11.5. The van der Waals surface area contributed by atoms with Crippen LogP contribution < -0.4 is 5.32 Å². The Balaban J connectivity index is 1.65. The van der Waals surface area contributed by atoms with Crippen molar-refractivity contribution < 1.29 is 13.7 Å². The van der Waals surface area contributed by atoms with Crippen LogP contribution in [0.5, 0.6) is 0 Å². The Morgan fingerprint density at radius 1 is 1.14 bits per heavy atom. The van der Waals surface area contributed by atoms with E-state index in [0.29, 0.717) is 17.0 Å². The minimum absolute atomic E-state index is 0.214. The van der Waals surface area contributed by atoms with Gasteiger partial charge in [-0.05, 0) is 36.4 Å². The molecule has 2 aromatic heterocycles. The van der Waals surface area contributed by atoms with Crippen molar-refractivity contribution in [1.82, 2.24) is 15.5 Å². The van der Waals surface area contributed by atoms with Gasteiger partial charge in [-0.25, -0.2) is 4.39 Å². The molecule has 3 rings (SSSR count). The molecule has 3 aromatic rings. The van der Waals surface area contributed by atoms with Crippen molar-refractivity contribution in [2.24, 2.45) is 0 Å². The average molecular weight is 297 g/mol. The minimum atomic E-state index is -0.312. The van der Waals surface area contributed by atoms with Crippen LogP contribution in [-0.4, -0.2) is 16.0 Å². The number of amides is 1. The van der Waals surface area contributed by atoms with Gasteiger partial charge in [0.1, 0.15) is 11.5 Å². The first kappa shape index (κ1) is 13.9. The van der Waals surface area contributed by atoms with Crippen LogP contribution in [0.1, 0.15) is 16.1 Å². The van der Waals surface area contributed by atoms with E-state index < -0.39 is 0 Å². The summed E-state index contributed by atoms with van der Waals surface area (Å²) in [5.74, 6) is -0.00463. The first-order valence-corrected chi connectivity index (χ1v) is 6.62. The molecular weight excluding hydrogens is 285 g/mol. The number of rotatable bonds is 4. The highest BCUT2D eigenvalue weighted by Gasteiger charge is 2.09. The molecule has 0 unspecified atom stereocenters. The number of nitrogens with zero attached hydrogens (tertiary/aromatic N) is 2. The van der Waals surface area contributed by atoms with E-state index in [4.69, 9.17) is 4.52 Å². The number of aromatic nitrogens is 2. The zero-order chi connectivity index (χ0) is 15.4. The predicted molar refractivity (Wildman–Crippen MR) is 77.3 cm³/mol. The average Bonchev–Trinajstić information content (AvgIpc) is 3.03. The summed E-state index contributed by atoms with van der Waals surface area (Å²) < 4.78 is 18.1. The number of nitrogens with one attached hydrogen (secondary N) is 1. The van der Waals surface area contributed by atoms with Gasteiger partial charge >= 0.3 is 0 Å². The van der Waals surface area contributed by atoms with Crippen LogP contribution >= 0.6 is 0 Å². The Morgan fingerprint density at radius 2 is 1.86 bits per heavy atom. The van der Waals surface area contributed by atoms with Crippen LogP contribution in [0.2, 0.25) is 0 Å². The lowest BCUT2D eigenvalue weighted by Crippen LogP contribution is -2.22. The van der Waals surface area contributed by atoms with Crippen molar-refractivity contribution in [3.05, 3.63) is 71.9 Å². The molecule has 110 valence electrons. The second kappa shape index (κ2) is 6.17. The molecule has 0 aliphatic rings. The molecule has 0 saturated heterocycles. The van der Waals surface area contributed by atoms with Crippen LogP contribution in [0.25, 0.3) is 11.3 Å². The maximum absolute atomic E-state index is 12.9. The Labute approximate surface area is 125 Å². The highest BCUT2D eigenvalue weighted by Crippen LogP contribution is 2.20. The SMILES string of the molecule is O=C(NCc1cc(-c2ccc(F)cc2)on1)c1ccncc1.